The molecule has 1 unspecified atom stereocenters. The molecule has 3 rings (SSSR count). The number of rotatable bonds is 5. The quantitative estimate of drug-likeness (QED) is 0.550. The van der Waals surface area contributed by atoms with Crippen LogP contribution in [-0.2, 0) is 0 Å². The largest absolute Gasteiger partial charge is 0.482 e. The van der Waals surface area contributed by atoms with Crippen molar-refractivity contribution in [2.24, 2.45) is 0 Å². The standard InChI is InChI=1S/C21H18O/c1-2-21(18-12-7-4-8-13-18)22-20-15-9-14-19(16-20)17-10-5-3-6-11-17/h2-16,21H,1H2. The molecule has 0 aliphatic rings. The molecule has 0 radical (unpaired) electrons. The molecule has 3 aromatic carbocycles. The molecule has 1 heteroatoms. The van der Waals surface area contributed by atoms with Crippen molar-refractivity contribution in [3.63, 3.8) is 0 Å². The zero-order valence-electron chi connectivity index (χ0n) is 12.4. The molecule has 1 nitrogen and oxygen atoms in total. The molecule has 0 amide bonds. The Kier molecular flexibility index (Phi) is 4.35. The second-order valence-corrected chi connectivity index (χ2v) is 5.08. The zero-order chi connectivity index (χ0) is 15.2. The van der Waals surface area contributed by atoms with Gasteiger partial charge in [-0.2, -0.15) is 0 Å². The molecule has 0 heterocycles. The average Bonchev–Trinajstić information content (AvgIpc) is 2.61. The summed E-state index contributed by atoms with van der Waals surface area (Å²) in [5.74, 6) is 0.843. The highest BCUT2D eigenvalue weighted by atomic mass is 16.5. The van der Waals surface area contributed by atoms with Gasteiger partial charge in [0.05, 0.1) is 0 Å². The lowest BCUT2D eigenvalue weighted by atomic mass is 10.1. The first-order chi connectivity index (χ1) is 10.9. The molecule has 108 valence electrons. The van der Waals surface area contributed by atoms with Gasteiger partial charge in [-0.1, -0.05) is 79.4 Å². The van der Waals surface area contributed by atoms with E-state index in [4.69, 9.17) is 4.74 Å². The highest BCUT2D eigenvalue weighted by Crippen LogP contribution is 2.27. The van der Waals surface area contributed by atoms with Gasteiger partial charge in [-0.25, -0.2) is 0 Å². The topological polar surface area (TPSA) is 9.23 Å². The molecule has 0 spiro atoms. The van der Waals surface area contributed by atoms with Crippen molar-refractivity contribution in [1.29, 1.82) is 0 Å². The van der Waals surface area contributed by atoms with E-state index in [0.717, 1.165) is 16.9 Å². The molecule has 3 aromatic rings. The lowest BCUT2D eigenvalue weighted by Gasteiger charge is -2.16. The molecule has 0 aliphatic carbocycles. The molecule has 0 fully saturated rings. The highest BCUT2D eigenvalue weighted by Gasteiger charge is 2.09. The Morgan fingerprint density at radius 2 is 1.36 bits per heavy atom. The van der Waals surface area contributed by atoms with Gasteiger partial charge in [-0.05, 0) is 34.9 Å². The van der Waals surface area contributed by atoms with Crippen LogP contribution in [0.5, 0.6) is 5.75 Å². The third-order valence-electron chi connectivity index (χ3n) is 3.55. The van der Waals surface area contributed by atoms with Crippen LogP contribution >= 0.6 is 0 Å². The molecule has 0 aromatic heterocycles. The summed E-state index contributed by atoms with van der Waals surface area (Å²) in [4.78, 5) is 0. The van der Waals surface area contributed by atoms with Gasteiger partial charge in [0, 0.05) is 0 Å². The van der Waals surface area contributed by atoms with E-state index in [9.17, 15) is 0 Å². The van der Waals surface area contributed by atoms with E-state index < -0.39 is 0 Å². The van der Waals surface area contributed by atoms with Crippen molar-refractivity contribution in [3.8, 4) is 16.9 Å². The van der Waals surface area contributed by atoms with Crippen molar-refractivity contribution in [1.82, 2.24) is 0 Å². The van der Waals surface area contributed by atoms with Crippen molar-refractivity contribution >= 4 is 0 Å². The Morgan fingerprint density at radius 1 is 0.727 bits per heavy atom. The second kappa shape index (κ2) is 6.77. The van der Waals surface area contributed by atoms with Gasteiger partial charge in [0.15, 0.2) is 0 Å². The van der Waals surface area contributed by atoms with Crippen LogP contribution in [0.15, 0.2) is 97.6 Å². The van der Waals surface area contributed by atoms with Gasteiger partial charge >= 0.3 is 0 Å². The lowest BCUT2D eigenvalue weighted by Crippen LogP contribution is -2.04. The minimum Gasteiger partial charge on any atom is -0.482 e. The normalized spacial score (nSPS) is 11.6. The molecule has 0 saturated carbocycles. The van der Waals surface area contributed by atoms with Gasteiger partial charge in [-0.3, -0.25) is 0 Å². The van der Waals surface area contributed by atoms with Crippen LogP contribution in [0.25, 0.3) is 11.1 Å². The summed E-state index contributed by atoms with van der Waals surface area (Å²) in [5, 5.41) is 0. The number of benzene rings is 3. The van der Waals surface area contributed by atoms with Crippen molar-refractivity contribution < 1.29 is 4.74 Å². The van der Waals surface area contributed by atoms with E-state index in [1.807, 2.05) is 66.7 Å². The van der Waals surface area contributed by atoms with Gasteiger partial charge in [0.1, 0.15) is 11.9 Å². The fourth-order valence-corrected chi connectivity index (χ4v) is 2.42. The van der Waals surface area contributed by atoms with E-state index in [-0.39, 0.29) is 6.10 Å². The molecule has 0 N–H and O–H groups in total. The lowest BCUT2D eigenvalue weighted by molar-refractivity contribution is 0.256. The first-order valence-electron chi connectivity index (χ1n) is 7.36. The molecule has 1 atom stereocenters. The van der Waals surface area contributed by atoms with Crippen LogP contribution in [0, 0.1) is 0 Å². The number of ether oxygens (including phenoxy) is 1. The van der Waals surface area contributed by atoms with Gasteiger partial charge in [0.25, 0.3) is 0 Å². The Balaban J connectivity index is 1.85. The number of hydrogen-bond donors (Lipinski definition) is 0. The average molecular weight is 286 g/mol. The first kappa shape index (κ1) is 14.2. The summed E-state index contributed by atoms with van der Waals surface area (Å²) in [6.45, 7) is 3.89. The minimum absolute atomic E-state index is 0.146. The van der Waals surface area contributed by atoms with Gasteiger partial charge < -0.3 is 4.74 Å². The van der Waals surface area contributed by atoms with E-state index in [1.165, 1.54) is 5.56 Å². The zero-order valence-corrected chi connectivity index (χ0v) is 12.4. The fraction of sp³-hybridized carbons (Fsp3) is 0.0476. The number of hydrogen-bond acceptors (Lipinski definition) is 1. The third kappa shape index (κ3) is 3.26. The molecule has 0 saturated heterocycles. The van der Waals surface area contributed by atoms with Crippen molar-refractivity contribution in [2.45, 2.75) is 6.10 Å². The summed E-state index contributed by atoms with van der Waals surface area (Å²) in [5.41, 5.74) is 3.43. The van der Waals surface area contributed by atoms with Crippen LogP contribution in [0.4, 0.5) is 0 Å². The van der Waals surface area contributed by atoms with Crippen LogP contribution < -0.4 is 4.74 Å². The Hall–Kier alpha value is -2.80. The maximum absolute atomic E-state index is 6.09. The minimum atomic E-state index is -0.146. The summed E-state index contributed by atoms with van der Waals surface area (Å²) in [7, 11) is 0. The predicted octanol–water partition coefficient (Wildman–Crippen LogP) is 5.66. The fourth-order valence-electron chi connectivity index (χ4n) is 2.42. The molecule has 22 heavy (non-hydrogen) atoms. The smallest absolute Gasteiger partial charge is 0.142 e. The Labute approximate surface area is 131 Å². The van der Waals surface area contributed by atoms with Crippen LogP contribution in [0.2, 0.25) is 0 Å². The molecular weight excluding hydrogens is 268 g/mol. The second-order valence-electron chi connectivity index (χ2n) is 5.08. The van der Waals surface area contributed by atoms with E-state index in [0.29, 0.717) is 0 Å². The van der Waals surface area contributed by atoms with Crippen LogP contribution in [-0.4, -0.2) is 0 Å². The van der Waals surface area contributed by atoms with E-state index >= 15 is 0 Å². The summed E-state index contributed by atoms with van der Waals surface area (Å²) < 4.78 is 6.09. The Morgan fingerprint density at radius 3 is 2.05 bits per heavy atom. The van der Waals surface area contributed by atoms with E-state index in [1.54, 1.807) is 0 Å². The molecule has 0 bridgehead atoms. The summed E-state index contributed by atoms with van der Waals surface area (Å²) in [6, 6.07) is 28.6. The maximum atomic E-state index is 6.09. The monoisotopic (exact) mass is 286 g/mol. The SMILES string of the molecule is C=CC(Oc1cccc(-c2ccccc2)c1)c1ccccc1. The highest BCUT2D eigenvalue weighted by molar-refractivity contribution is 5.64. The van der Waals surface area contributed by atoms with Crippen LogP contribution in [0.1, 0.15) is 11.7 Å². The van der Waals surface area contributed by atoms with Crippen LogP contribution in [0.3, 0.4) is 0 Å². The summed E-state index contributed by atoms with van der Waals surface area (Å²) >= 11 is 0. The molecular formula is C21H18O. The predicted molar refractivity (Wildman–Crippen MR) is 91.9 cm³/mol. The van der Waals surface area contributed by atoms with Gasteiger partial charge in [0.2, 0.25) is 0 Å². The van der Waals surface area contributed by atoms with Gasteiger partial charge in [-0.15, -0.1) is 0 Å². The first-order valence-corrected chi connectivity index (χ1v) is 7.36. The summed E-state index contributed by atoms with van der Waals surface area (Å²) in [6.07, 6.45) is 1.68. The maximum Gasteiger partial charge on any atom is 0.142 e. The Bertz CT molecular complexity index is 732. The van der Waals surface area contributed by atoms with Crippen molar-refractivity contribution in [2.75, 3.05) is 0 Å². The van der Waals surface area contributed by atoms with E-state index in [2.05, 4.69) is 30.8 Å². The molecule has 0 aliphatic heterocycles. The van der Waals surface area contributed by atoms with Crippen molar-refractivity contribution in [3.05, 3.63) is 103 Å². The third-order valence-corrected chi connectivity index (χ3v) is 3.55.